The van der Waals surface area contributed by atoms with E-state index in [0.717, 1.165) is 25.9 Å². The third kappa shape index (κ3) is 3.73. The molecule has 0 aliphatic heterocycles. The molecule has 0 bridgehead atoms. The van der Waals surface area contributed by atoms with Crippen molar-refractivity contribution >= 4 is 65.6 Å². The third-order valence-corrected chi connectivity index (χ3v) is 7.82. The second-order valence-corrected chi connectivity index (χ2v) is 9.83. The van der Waals surface area contributed by atoms with Crippen molar-refractivity contribution in [3.8, 4) is 0 Å². The first-order chi connectivity index (χ1) is 15.0. The fourth-order valence-electron chi connectivity index (χ4n) is 3.67. The van der Waals surface area contributed by atoms with E-state index in [9.17, 15) is 4.79 Å². The number of hydrogen-bond donors (Lipinski definition) is 0. The number of hydrogen-bond acceptors (Lipinski definition) is 5. The number of aryl methyl sites for hydroxylation is 2. The molecule has 1 amide bonds. The van der Waals surface area contributed by atoms with E-state index < -0.39 is 0 Å². The molecule has 0 fully saturated rings. The minimum atomic E-state index is -0.133. The molecule has 0 atom stereocenters. The van der Waals surface area contributed by atoms with Crippen molar-refractivity contribution in [2.24, 2.45) is 0 Å². The molecule has 0 spiro atoms. The van der Waals surface area contributed by atoms with Crippen molar-refractivity contribution in [2.75, 3.05) is 11.4 Å². The van der Waals surface area contributed by atoms with Gasteiger partial charge >= 0.3 is 0 Å². The molecule has 3 aromatic heterocycles. The van der Waals surface area contributed by atoms with E-state index in [2.05, 4.69) is 31.1 Å². The van der Waals surface area contributed by atoms with Crippen LogP contribution in [-0.4, -0.2) is 27.2 Å². The number of halogens is 1. The van der Waals surface area contributed by atoms with Crippen molar-refractivity contribution in [3.63, 3.8) is 0 Å². The van der Waals surface area contributed by atoms with Crippen molar-refractivity contribution in [2.45, 2.75) is 20.4 Å². The summed E-state index contributed by atoms with van der Waals surface area (Å²) in [5, 5.41) is 6.35. The van der Waals surface area contributed by atoms with Gasteiger partial charge in [0.2, 0.25) is 0 Å². The first-order valence-electron chi connectivity index (χ1n) is 9.85. The molecule has 0 saturated carbocycles. The van der Waals surface area contributed by atoms with E-state index in [1.807, 2.05) is 41.2 Å². The lowest BCUT2D eigenvalue weighted by Crippen LogP contribution is -2.33. The van der Waals surface area contributed by atoms with Gasteiger partial charge in [0.25, 0.3) is 5.91 Å². The van der Waals surface area contributed by atoms with Crippen molar-refractivity contribution in [1.29, 1.82) is 0 Å². The van der Waals surface area contributed by atoms with Gasteiger partial charge in [-0.2, -0.15) is 5.10 Å². The molecule has 0 aliphatic carbocycles. The summed E-state index contributed by atoms with van der Waals surface area (Å²) < 4.78 is 3.89. The predicted molar refractivity (Wildman–Crippen MR) is 130 cm³/mol. The summed E-state index contributed by atoms with van der Waals surface area (Å²) in [4.78, 5) is 20.8. The van der Waals surface area contributed by atoms with Gasteiger partial charge in [0.05, 0.1) is 21.8 Å². The van der Waals surface area contributed by atoms with Crippen LogP contribution in [0.4, 0.5) is 5.13 Å². The van der Waals surface area contributed by atoms with Gasteiger partial charge in [0.15, 0.2) is 5.13 Å². The maximum atomic E-state index is 13.7. The topological polar surface area (TPSA) is 51.0 Å². The predicted octanol–water partition coefficient (Wildman–Crippen LogP) is 6.32. The zero-order chi connectivity index (χ0) is 21.5. The first kappa shape index (κ1) is 20.2. The van der Waals surface area contributed by atoms with Crippen LogP contribution in [0.2, 0.25) is 5.02 Å². The van der Waals surface area contributed by atoms with E-state index in [1.54, 1.807) is 11.1 Å². The van der Waals surface area contributed by atoms with Crippen molar-refractivity contribution in [1.82, 2.24) is 14.8 Å². The Kier molecular flexibility index (Phi) is 5.25. The van der Waals surface area contributed by atoms with E-state index in [-0.39, 0.29) is 5.91 Å². The fourth-order valence-corrected chi connectivity index (χ4v) is 6.29. The lowest BCUT2D eigenvalue weighted by molar-refractivity contribution is 0.0990. The highest BCUT2D eigenvalue weighted by Gasteiger charge is 2.26. The van der Waals surface area contributed by atoms with E-state index in [1.165, 1.54) is 28.2 Å². The van der Waals surface area contributed by atoms with E-state index >= 15 is 0 Å². The molecule has 0 saturated heterocycles. The molecule has 5 aromatic rings. The van der Waals surface area contributed by atoms with Gasteiger partial charge < -0.3 is 0 Å². The Morgan fingerprint density at radius 2 is 1.97 bits per heavy atom. The normalized spacial score (nSPS) is 11.5. The van der Waals surface area contributed by atoms with E-state index in [0.29, 0.717) is 28.1 Å². The Bertz CT molecular complexity index is 1400. The van der Waals surface area contributed by atoms with Crippen LogP contribution in [0, 0.1) is 13.8 Å². The number of fused-ring (bicyclic) bond motifs is 2. The molecule has 31 heavy (non-hydrogen) atoms. The van der Waals surface area contributed by atoms with Crippen LogP contribution in [0.15, 0.2) is 54.9 Å². The molecule has 0 aliphatic rings. The highest BCUT2D eigenvalue weighted by atomic mass is 35.5. The smallest absolute Gasteiger partial charge is 0.271 e. The summed E-state index contributed by atoms with van der Waals surface area (Å²) in [6.07, 6.45) is 3.62. The Labute approximate surface area is 192 Å². The second kappa shape index (κ2) is 8.07. The number of nitrogens with zero attached hydrogens (tertiary/aromatic N) is 4. The van der Waals surface area contributed by atoms with Gasteiger partial charge in [-0.1, -0.05) is 47.2 Å². The zero-order valence-corrected chi connectivity index (χ0v) is 19.4. The van der Waals surface area contributed by atoms with Crippen LogP contribution < -0.4 is 4.90 Å². The molecular formula is C23H19ClN4OS2. The summed E-state index contributed by atoms with van der Waals surface area (Å²) in [5.74, 6) is -0.133. The summed E-state index contributed by atoms with van der Waals surface area (Å²) in [5.41, 5.74) is 3.23. The number of carbonyl (C=O) groups is 1. The third-order valence-electron chi connectivity index (χ3n) is 5.14. The standard InChI is InChI=1S/C23H19ClN4OS2/c1-14-12-15(2)20-18(13-14)31-23(26-20)28(11-10-27-9-5-8-25-27)22(29)21-19(24)16-6-3-4-7-17(16)30-21/h3-9,12-13H,10-11H2,1-2H3. The Hall–Kier alpha value is -2.74. The molecule has 2 aromatic carbocycles. The molecular weight excluding hydrogens is 448 g/mol. The number of amides is 1. The number of rotatable bonds is 5. The van der Waals surface area contributed by atoms with Crippen LogP contribution in [0.5, 0.6) is 0 Å². The van der Waals surface area contributed by atoms with Crippen LogP contribution in [0.1, 0.15) is 20.8 Å². The van der Waals surface area contributed by atoms with Gasteiger partial charge in [-0.05, 0) is 43.2 Å². The number of thiophene rings is 1. The Morgan fingerprint density at radius 3 is 2.74 bits per heavy atom. The lowest BCUT2D eigenvalue weighted by atomic mass is 10.1. The summed E-state index contributed by atoms with van der Waals surface area (Å²) in [6.45, 7) is 5.14. The SMILES string of the molecule is Cc1cc(C)c2nc(N(CCn3cccn3)C(=O)c3sc4ccccc4c3Cl)sc2c1. The van der Waals surface area contributed by atoms with Crippen LogP contribution in [-0.2, 0) is 6.54 Å². The first-order valence-corrected chi connectivity index (χ1v) is 11.9. The van der Waals surface area contributed by atoms with Crippen molar-refractivity contribution in [3.05, 3.63) is 75.9 Å². The number of benzene rings is 2. The lowest BCUT2D eigenvalue weighted by Gasteiger charge is -2.19. The molecule has 8 heteroatoms. The maximum Gasteiger partial charge on any atom is 0.271 e. The molecule has 5 rings (SSSR count). The van der Waals surface area contributed by atoms with E-state index in [4.69, 9.17) is 16.6 Å². The minimum Gasteiger partial charge on any atom is -0.281 e. The molecule has 3 heterocycles. The summed E-state index contributed by atoms with van der Waals surface area (Å²) >= 11 is 9.59. The number of anilines is 1. The summed E-state index contributed by atoms with van der Waals surface area (Å²) in [7, 11) is 0. The van der Waals surface area contributed by atoms with Gasteiger partial charge in [0, 0.05) is 29.0 Å². The van der Waals surface area contributed by atoms with Crippen LogP contribution in [0.3, 0.4) is 0 Å². The Balaban J connectivity index is 1.58. The minimum absolute atomic E-state index is 0.133. The van der Waals surface area contributed by atoms with Gasteiger partial charge in [0.1, 0.15) is 4.88 Å². The second-order valence-electron chi connectivity index (χ2n) is 7.39. The monoisotopic (exact) mass is 466 g/mol. The van der Waals surface area contributed by atoms with Gasteiger partial charge in [-0.25, -0.2) is 4.98 Å². The highest BCUT2D eigenvalue weighted by Crippen LogP contribution is 2.38. The molecule has 156 valence electrons. The average Bonchev–Trinajstić information content (AvgIpc) is 3.48. The van der Waals surface area contributed by atoms with Crippen LogP contribution >= 0.6 is 34.3 Å². The largest absolute Gasteiger partial charge is 0.281 e. The quantitative estimate of drug-likeness (QED) is 0.304. The van der Waals surface area contributed by atoms with Crippen LogP contribution in [0.25, 0.3) is 20.3 Å². The number of thiazole rings is 1. The molecule has 5 nitrogen and oxygen atoms in total. The average molecular weight is 467 g/mol. The number of carbonyl (C=O) groups excluding carboxylic acids is 1. The number of aromatic nitrogens is 3. The van der Waals surface area contributed by atoms with Crippen molar-refractivity contribution < 1.29 is 4.79 Å². The maximum absolute atomic E-state index is 13.7. The molecule has 0 unspecified atom stereocenters. The highest BCUT2D eigenvalue weighted by molar-refractivity contribution is 7.23. The Morgan fingerprint density at radius 1 is 1.13 bits per heavy atom. The molecule has 0 radical (unpaired) electrons. The summed E-state index contributed by atoms with van der Waals surface area (Å²) in [6, 6.07) is 13.9. The van der Waals surface area contributed by atoms with Gasteiger partial charge in [-0.3, -0.25) is 14.4 Å². The molecule has 0 N–H and O–H groups in total. The fraction of sp³-hybridized carbons (Fsp3) is 0.174. The zero-order valence-electron chi connectivity index (χ0n) is 17.0. The van der Waals surface area contributed by atoms with Gasteiger partial charge in [-0.15, -0.1) is 11.3 Å².